The van der Waals surface area contributed by atoms with Crippen molar-refractivity contribution in [1.29, 1.82) is 0 Å². The number of aromatic nitrogens is 1. The van der Waals surface area contributed by atoms with E-state index in [-0.39, 0.29) is 38.0 Å². The van der Waals surface area contributed by atoms with E-state index >= 15 is 0 Å². The molecule has 0 aliphatic carbocycles. The Morgan fingerprint density at radius 3 is 2.28 bits per heavy atom. The number of benzene rings is 1. The van der Waals surface area contributed by atoms with E-state index in [0.717, 1.165) is 23.7 Å². The van der Waals surface area contributed by atoms with E-state index in [0.29, 0.717) is 32.5 Å². The van der Waals surface area contributed by atoms with Gasteiger partial charge in [-0.2, -0.15) is 0 Å². The second-order valence-electron chi connectivity index (χ2n) is 21.0. The molecule has 3 aliphatic heterocycles. The predicted molar refractivity (Wildman–Crippen MR) is 273 cm³/mol. The molecule has 5 rings (SSSR count). The number of carbonyl (C=O) groups excluding carboxylic acids is 4. The maximum absolute atomic E-state index is 14.1. The number of methoxy groups -OCH3 is 3. The second kappa shape index (κ2) is 28.5. The molecule has 3 saturated heterocycles. The number of rotatable bonds is 18. The zero-order valence-corrected chi connectivity index (χ0v) is 46.1. The number of β-amino-alcohol motifs (C(OH)–C–C–N with tert-alkyl or cyclic N) is 1. The number of esters is 4. The molecule has 19 nitrogen and oxygen atoms in total. The Labute approximate surface area is 438 Å². The largest absolute Gasteiger partial charge is 0.463 e. The fourth-order valence-corrected chi connectivity index (χ4v) is 11.4. The molecule has 418 valence electrons. The maximum atomic E-state index is 14.1. The monoisotopic (exact) mass is 1050 g/mol. The lowest BCUT2D eigenvalue weighted by Crippen LogP contribution is -2.67. The normalized spacial score (nSPS) is 34.1. The molecule has 4 heterocycles. The lowest BCUT2D eigenvalue weighted by molar-refractivity contribution is -0.320. The summed E-state index contributed by atoms with van der Waals surface area (Å²) in [5, 5.41) is 26.4. The molecular weight excluding hydrogens is 959 g/mol. The average molecular weight is 1050 g/mol. The highest BCUT2D eigenvalue weighted by Gasteiger charge is 2.56. The molecule has 0 bridgehead atoms. The first kappa shape index (κ1) is 61.0. The Kier molecular flexibility index (Phi) is 23.5. The number of hydrogen-bond acceptors (Lipinski definition) is 19. The number of para-hydroxylation sites is 1. The van der Waals surface area contributed by atoms with Gasteiger partial charge in [0.2, 0.25) is 0 Å². The minimum Gasteiger partial charge on any atom is -0.463 e. The SMILES string of the molecule is CCC(=O)O[C@@H]1CC(=O)O[C@H](C)CCN(CCCc2ccnc3ccccc23)C[C@H](O)[C@H](C)C[C@H](CC(OC)OC)[C@H]([C@@H]2O[C@H](C)[C@@H](O[C@@H]3C[C@@](C)(OC(C)=O)[C@@H](OC(=O)CC)[C@H](C)O3)[C@H](N(C)C)[C@H]2O)[C@@H]1OC. The van der Waals surface area contributed by atoms with Crippen LogP contribution in [0, 0.1) is 17.8 Å². The molecule has 19 heteroatoms. The molecule has 0 saturated carbocycles. The molecule has 1 aromatic heterocycles. The molecule has 2 N–H and O–H groups in total. The summed E-state index contributed by atoms with van der Waals surface area (Å²) >= 11 is 0. The lowest BCUT2D eigenvalue weighted by atomic mass is 9.70. The first-order valence-corrected chi connectivity index (χ1v) is 26.6. The molecule has 3 fully saturated rings. The van der Waals surface area contributed by atoms with Crippen molar-refractivity contribution in [3.8, 4) is 0 Å². The standard InChI is InChI=1S/C55H87N3O16/c1-14-43(61)71-42-29-45(63)68-33(4)23-26-58(25-18-19-37-22-24-56-40-21-17-16-20-39(37)40)31-41(60)32(3)27-38(28-46(65-11)66-12)48(52(42)67-13)53-50(64)49(57(9)10)51(34(5)70-53)73-47-30-55(8,74-36(7)59)54(35(6)69-47)72-44(62)15-2/h16-17,20-22,24,32-35,38,41-42,46-54,60,64H,14-15,18-19,23,25-31H2,1-13H3/t32-,33-,34-,35+,38-,41+,42-,47-,48+,49-,50-,51-,52-,53+,54+,55-/m1/s1. The van der Waals surface area contributed by atoms with Gasteiger partial charge in [-0.05, 0) is 104 Å². The minimum absolute atomic E-state index is 0.00783. The van der Waals surface area contributed by atoms with Crippen molar-refractivity contribution < 1.29 is 76.8 Å². The summed E-state index contributed by atoms with van der Waals surface area (Å²) in [6, 6.07) is 9.35. The van der Waals surface area contributed by atoms with Crippen molar-refractivity contribution in [1.82, 2.24) is 14.8 Å². The third-order valence-electron chi connectivity index (χ3n) is 15.2. The Morgan fingerprint density at radius 1 is 0.946 bits per heavy atom. The van der Waals surface area contributed by atoms with Crippen LogP contribution in [0.5, 0.6) is 0 Å². The van der Waals surface area contributed by atoms with Crippen LogP contribution in [0.1, 0.15) is 112 Å². The van der Waals surface area contributed by atoms with Gasteiger partial charge in [-0.3, -0.25) is 24.2 Å². The van der Waals surface area contributed by atoms with Crippen LogP contribution < -0.4 is 0 Å². The zero-order chi connectivity index (χ0) is 54.4. The van der Waals surface area contributed by atoms with E-state index in [2.05, 4.69) is 22.0 Å². The van der Waals surface area contributed by atoms with Gasteiger partial charge in [-0.1, -0.05) is 39.0 Å². The van der Waals surface area contributed by atoms with E-state index in [1.807, 2.05) is 64.2 Å². The smallest absolute Gasteiger partial charge is 0.309 e. The van der Waals surface area contributed by atoms with Crippen LogP contribution in [0.15, 0.2) is 36.5 Å². The number of carbonyl (C=O) groups is 4. The van der Waals surface area contributed by atoms with Gasteiger partial charge in [0.25, 0.3) is 0 Å². The maximum Gasteiger partial charge on any atom is 0.309 e. The number of pyridine rings is 1. The highest BCUT2D eigenvalue weighted by molar-refractivity contribution is 5.81. The zero-order valence-electron chi connectivity index (χ0n) is 46.1. The fraction of sp³-hybridized carbons (Fsp3) is 0.764. The van der Waals surface area contributed by atoms with E-state index in [9.17, 15) is 29.4 Å². The van der Waals surface area contributed by atoms with Crippen LogP contribution in [0.3, 0.4) is 0 Å². The molecule has 0 amide bonds. The van der Waals surface area contributed by atoms with Gasteiger partial charge < -0.3 is 67.4 Å². The van der Waals surface area contributed by atoms with E-state index in [1.165, 1.54) is 33.8 Å². The van der Waals surface area contributed by atoms with Crippen LogP contribution in [-0.2, 0) is 73.0 Å². The third-order valence-corrected chi connectivity index (χ3v) is 15.2. The highest BCUT2D eigenvalue weighted by Crippen LogP contribution is 2.43. The van der Waals surface area contributed by atoms with Crippen LogP contribution in [0.4, 0.5) is 0 Å². The summed E-state index contributed by atoms with van der Waals surface area (Å²) in [6.45, 7) is 15.2. The number of aryl methyl sites for hydroxylation is 1. The van der Waals surface area contributed by atoms with Gasteiger partial charge in [0.1, 0.15) is 24.4 Å². The van der Waals surface area contributed by atoms with Gasteiger partial charge in [0, 0.05) is 84.5 Å². The Balaban J connectivity index is 1.53. The number of aliphatic hydroxyl groups excluding tert-OH is 2. The number of hydrogen-bond donors (Lipinski definition) is 2. The molecule has 3 aliphatic rings. The minimum atomic E-state index is -1.33. The number of aliphatic hydroxyl groups is 2. The van der Waals surface area contributed by atoms with Crippen LogP contribution in [0.2, 0.25) is 0 Å². The van der Waals surface area contributed by atoms with Crippen molar-refractivity contribution in [2.24, 2.45) is 17.8 Å². The molecule has 0 unspecified atom stereocenters. The quantitative estimate of drug-likeness (QED) is 0.108. The van der Waals surface area contributed by atoms with Crippen molar-refractivity contribution >= 4 is 34.8 Å². The van der Waals surface area contributed by atoms with Crippen molar-refractivity contribution in [2.75, 3.05) is 55.1 Å². The van der Waals surface area contributed by atoms with Gasteiger partial charge in [0.15, 0.2) is 24.3 Å². The first-order valence-electron chi connectivity index (χ1n) is 26.6. The van der Waals surface area contributed by atoms with Crippen LogP contribution >= 0.6 is 0 Å². The number of fused-ring (bicyclic) bond motifs is 1. The Hall–Kier alpha value is -3.89. The molecule has 16 atom stereocenters. The summed E-state index contributed by atoms with van der Waals surface area (Å²) in [4.78, 5) is 61.1. The number of likely N-dealkylation sites (N-methyl/N-ethyl adjacent to an activating group) is 1. The molecular formula is C55H87N3O16. The Morgan fingerprint density at radius 2 is 1.64 bits per heavy atom. The van der Waals surface area contributed by atoms with Gasteiger partial charge in [0.05, 0.1) is 48.5 Å². The Bertz CT molecular complexity index is 2090. The van der Waals surface area contributed by atoms with Crippen molar-refractivity contribution in [3.05, 3.63) is 42.1 Å². The van der Waals surface area contributed by atoms with E-state index in [1.54, 1.807) is 27.7 Å². The number of nitrogens with zero attached hydrogens (tertiary/aromatic N) is 3. The van der Waals surface area contributed by atoms with Crippen molar-refractivity contribution in [3.63, 3.8) is 0 Å². The summed E-state index contributed by atoms with van der Waals surface area (Å²) < 4.78 is 62.1. The average Bonchev–Trinajstić information content (AvgIpc) is 3.35. The lowest BCUT2D eigenvalue weighted by Gasteiger charge is -2.53. The van der Waals surface area contributed by atoms with Gasteiger partial charge in [-0.25, -0.2) is 0 Å². The number of cyclic esters (lactones) is 1. The molecule has 1 aromatic carbocycles. The highest BCUT2D eigenvalue weighted by atomic mass is 16.7. The van der Waals surface area contributed by atoms with Gasteiger partial charge >= 0.3 is 23.9 Å². The third kappa shape index (κ3) is 16.1. The molecule has 0 radical (unpaired) electrons. The topological polar surface area (TPSA) is 220 Å². The van der Waals surface area contributed by atoms with E-state index in [4.69, 9.17) is 47.4 Å². The molecule has 74 heavy (non-hydrogen) atoms. The molecule has 0 spiro atoms. The number of ether oxygens (including phenoxy) is 10. The summed E-state index contributed by atoms with van der Waals surface area (Å²) in [5.41, 5.74) is 0.800. The van der Waals surface area contributed by atoms with Crippen LogP contribution in [-0.4, -0.2) is 189 Å². The predicted octanol–water partition coefficient (Wildman–Crippen LogP) is 5.40. The fourth-order valence-electron chi connectivity index (χ4n) is 11.4. The summed E-state index contributed by atoms with van der Waals surface area (Å²) in [6.07, 6.45) is -6.83. The van der Waals surface area contributed by atoms with E-state index < -0.39 is 121 Å². The summed E-state index contributed by atoms with van der Waals surface area (Å²) in [7, 11) is 8.16. The first-order chi connectivity index (χ1) is 35.2. The second-order valence-corrected chi connectivity index (χ2v) is 21.0. The summed E-state index contributed by atoms with van der Waals surface area (Å²) in [5.74, 6) is -3.95. The van der Waals surface area contributed by atoms with Crippen LogP contribution in [0.25, 0.3) is 10.9 Å². The molecule has 2 aromatic rings. The van der Waals surface area contributed by atoms with Gasteiger partial charge in [-0.15, -0.1) is 0 Å². The van der Waals surface area contributed by atoms with Crippen molar-refractivity contribution in [2.45, 2.75) is 198 Å².